The van der Waals surface area contributed by atoms with E-state index in [9.17, 15) is 17.6 Å². The second kappa shape index (κ2) is 8.28. The van der Waals surface area contributed by atoms with Gasteiger partial charge in [-0.3, -0.25) is 4.79 Å². The minimum atomic E-state index is -3.93. The molecule has 0 aliphatic carbocycles. The molecule has 0 saturated carbocycles. The molecular weight excluding hydrogens is 417 g/mol. The Labute approximate surface area is 181 Å². The number of benzene rings is 2. The molecule has 0 atom stereocenters. The van der Waals surface area contributed by atoms with Crippen molar-refractivity contribution < 1.29 is 17.6 Å². The molecule has 1 aliphatic heterocycles. The summed E-state index contributed by atoms with van der Waals surface area (Å²) < 4.78 is 42.8. The van der Waals surface area contributed by atoms with Crippen molar-refractivity contribution in [3.8, 4) is 5.69 Å². The third-order valence-corrected chi connectivity index (χ3v) is 7.56. The fourth-order valence-electron chi connectivity index (χ4n) is 3.94. The summed E-state index contributed by atoms with van der Waals surface area (Å²) in [6.07, 6.45) is 0. The predicted octanol–water partition coefficient (Wildman–Crippen LogP) is 3.38. The van der Waals surface area contributed by atoms with Gasteiger partial charge in [-0.15, -0.1) is 0 Å². The first-order valence-corrected chi connectivity index (χ1v) is 11.5. The Morgan fingerprint density at radius 1 is 0.839 bits per heavy atom. The number of nitrogens with zero attached hydrogens (tertiary/aromatic N) is 3. The average Bonchev–Trinajstić information content (AvgIpc) is 3.11. The van der Waals surface area contributed by atoms with Crippen molar-refractivity contribution in [2.75, 3.05) is 26.2 Å². The molecule has 0 N–H and O–H groups in total. The zero-order valence-corrected chi connectivity index (χ0v) is 18.3. The lowest BCUT2D eigenvalue weighted by Crippen LogP contribution is -2.50. The summed E-state index contributed by atoms with van der Waals surface area (Å²) in [5.74, 6) is -0.912. The van der Waals surface area contributed by atoms with E-state index in [0.717, 1.165) is 23.1 Å². The first-order chi connectivity index (χ1) is 14.8. The monoisotopic (exact) mass is 441 g/mol. The third kappa shape index (κ3) is 4.00. The van der Waals surface area contributed by atoms with Gasteiger partial charge in [-0.2, -0.15) is 4.31 Å². The molecule has 0 bridgehead atoms. The summed E-state index contributed by atoms with van der Waals surface area (Å²) >= 11 is 0. The van der Waals surface area contributed by atoms with Crippen LogP contribution in [0.2, 0.25) is 0 Å². The number of aryl methyl sites for hydroxylation is 2. The van der Waals surface area contributed by atoms with E-state index in [2.05, 4.69) is 4.57 Å². The van der Waals surface area contributed by atoms with Gasteiger partial charge in [0, 0.05) is 48.8 Å². The van der Waals surface area contributed by atoms with E-state index in [0.29, 0.717) is 5.56 Å². The number of hydrogen-bond acceptors (Lipinski definition) is 3. The number of sulfonamides is 1. The van der Waals surface area contributed by atoms with Crippen LogP contribution in [0.25, 0.3) is 5.69 Å². The Balaban J connectivity index is 1.44. The van der Waals surface area contributed by atoms with E-state index in [1.807, 2.05) is 38.1 Å². The van der Waals surface area contributed by atoms with Gasteiger partial charge >= 0.3 is 0 Å². The number of rotatable bonds is 4. The van der Waals surface area contributed by atoms with E-state index in [1.54, 1.807) is 17.0 Å². The molecule has 8 heteroatoms. The molecule has 162 valence electrons. The molecule has 31 heavy (non-hydrogen) atoms. The van der Waals surface area contributed by atoms with Crippen molar-refractivity contribution in [1.82, 2.24) is 13.8 Å². The summed E-state index contributed by atoms with van der Waals surface area (Å²) in [7, 11) is -3.93. The normalized spacial score (nSPS) is 15.3. The van der Waals surface area contributed by atoms with Crippen LogP contribution in [-0.4, -0.2) is 54.3 Å². The van der Waals surface area contributed by atoms with Crippen LogP contribution >= 0.6 is 0 Å². The molecule has 1 aliphatic rings. The number of carbonyl (C=O) groups is 1. The number of hydrogen-bond donors (Lipinski definition) is 0. The number of halogens is 1. The van der Waals surface area contributed by atoms with Gasteiger partial charge in [-0.05, 0) is 62.4 Å². The summed E-state index contributed by atoms with van der Waals surface area (Å²) in [6.45, 7) is 4.82. The molecule has 1 fully saturated rings. The average molecular weight is 442 g/mol. The maximum Gasteiger partial charge on any atom is 0.253 e. The lowest BCUT2D eigenvalue weighted by molar-refractivity contribution is 0.0697. The van der Waals surface area contributed by atoms with Crippen molar-refractivity contribution >= 4 is 15.9 Å². The van der Waals surface area contributed by atoms with E-state index < -0.39 is 15.8 Å². The van der Waals surface area contributed by atoms with Gasteiger partial charge in [0.05, 0.1) is 0 Å². The molecular formula is C23H24FN3O3S. The largest absolute Gasteiger partial charge is 0.336 e. The Bertz CT molecular complexity index is 1190. The highest BCUT2D eigenvalue weighted by atomic mass is 32.2. The Kier molecular flexibility index (Phi) is 5.68. The highest BCUT2D eigenvalue weighted by Gasteiger charge is 2.32. The Morgan fingerprint density at radius 2 is 1.42 bits per heavy atom. The number of aromatic nitrogens is 1. The fraction of sp³-hybridized carbons (Fsp3) is 0.261. The molecule has 3 aromatic rings. The van der Waals surface area contributed by atoms with E-state index >= 15 is 0 Å². The molecule has 0 unspecified atom stereocenters. The van der Waals surface area contributed by atoms with Gasteiger partial charge in [0.15, 0.2) is 0 Å². The molecule has 1 aromatic heterocycles. The van der Waals surface area contributed by atoms with Crippen molar-refractivity contribution in [3.05, 3.63) is 83.4 Å². The van der Waals surface area contributed by atoms with Crippen molar-refractivity contribution in [3.63, 3.8) is 0 Å². The fourth-order valence-corrected chi connectivity index (χ4v) is 5.42. The summed E-state index contributed by atoms with van der Waals surface area (Å²) in [4.78, 5) is 14.2. The van der Waals surface area contributed by atoms with Crippen molar-refractivity contribution in [1.29, 1.82) is 0 Å². The third-order valence-electron chi connectivity index (χ3n) is 5.62. The van der Waals surface area contributed by atoms with Crippen LogP contribution in [-0.2, 0) is 10.0 Å². The topological polar surface area (TPSA) is 62.6 Å². The molecule has 2 heterocycles. The zero-order valence-electron chi connectivity index (χ0n) is 17.5. The molecule has 6 nitrogen and oxygen atoms in total. The van der Waals surface area contributed by atoms with E-state index in [4.69, 9.17) is 0 Å². The van der Waals surface area contributed by atoms with Crippen LogP contribution < -0.4 is 0 Å². The van der Waals surface area contributed by atoms with Crippen LogP contribution in [0.1, 0.15) is 21.7 Å². The SMILES string of the molecule is Cc1ccc(C)n1-c1ccc(C(=O)N2CCN(S(=O)(=O)c3ccccc3F)CC2)cc1. The van der Waals surface area contributed by atoms with Gasteiger partial charge in [0.25, 0.3) is 5.91 Å². The Hall–Kier alpha value is -2.97. The molecule has 2 aromatic carbocycles. The van der Waals surface area contributed by atoms with Crippen LogP contribution in [0.5, 0.6) is 0 Å². The predicted molar refractivity (Wildman–Crippen MR) is 116 cm³/mol. The smallest absolute Gasteiger partial charge is 0.253 e. The van der Waals surface area contributed by atoms with Crippen LogP contribution in [0.4, 0.5) is 4.39 Å². The first kappa shape index (κ1) is 21.3. The van der Waals surface area contributed by atoms with E-state index in [1.165, 1.54) is 22.5 Å². The Morgan fingerprint density at radius 3 is 2.00 bits per heavy atom. The molecule has 4 rings (SSSR count). The standard InChI is InChI=1S/C23H24FN3O3S/c1-17-7-8-18(2)27(17)20-11-9-19(10-12-20)23(28)25-13-15-26(16-14-25)31(29,30)22-6-4-3-5-21(22)24/h3-12H,13-16H2,1-2H3. The van der Waals surface area contributed by atoms with Crippen LogP contribution in [0.3, 0.4) is 0 Å². The minimum Gasteiger partial charge on any atom is -0.336 e. The van der Waals surface area contributed by atoms with E-state index in [-0.39, 0.29) is 37.0 Å². The second-order valence-corrected chi connectivity index (χ2v) is 9.53. The van der Waals surface area contributed by atoms with Crippen molar-refractivity contribution in [2.24, 2.45) is 0 Å². The molecule has 1 saturated heterocycles. The highest BCUT2D eigenvalue weighted by Crippen LogP contribution is 2.22. The first-order valence-electron chi connectivity index (χ1n) is 10.1. The summed E-state index contributed by atoms with van der Waals surface area (Å²) in [5.41, 5.74) is 3.77. The van der Waals surface area contributed by atoms with Gasteiger partial charge in [-0.1, -0.05) is 12.1 Å². The molecule has 0 radical (unpaired) electrons. The summed E-state index contributed by atoms with van der Waals surface area (Å²) in [5, 5.41) is 0. The van der Waals surface area contributed by atoms with Crippen molar-refractivity contribution in [2.45, 2.75) is 18.7 Å². The zero-order chi connectivity index (χ0) is 22.2. The maximum atomic E-state index is 14.0. The minimum absolute atomic E-state index is 0.127. The van der Waals surface area contributed by atoms with Gasteiger partial charge in [0.2, 0.25) is 10.0 Å². The second-order valence-electron chi connectivity index (χ2n) is 7.63. The number of carbonyl (C=O) groups excluding carboxylic acids is 1. The molecule has 1 amide bonds. The molecule has 0 spiro atoms. The number of piperazine rings is 1. The lowest BCUT2D eigenvalue weighted by Gasteiger charge is -2.34. The van der Waals surface area contributed by atoms with Gasteiger partial charge in [-0.25, -0.2) is 12.8 Å². The van der Waals surface area contributed by atoms with Gasteiger partial charge in [0.1, 0.15) is 10.7 Å². The lowest BCUT2D eigenvalue weighted by atomic mass is 10.1. The van der Waals surface area contributed by atoms with Crippen LogP contribution in [0, 0.1) is 19.7 Å². The summed E-state index contributed by atoms with van der Waals surface area (Å²) in [6, 6.07) is 16.8. The van der Waals surface area contributed by atoms with Crippen LogP contribution in [0.15, 0.2) is 65.6 Å². The van der Waals surface area contributed by atoms with Gasteiger partial charge < -0.3 is 9.47 Å². The highest BCUT2D eigenvalue weighted by molar-refractivity contribution is 7.89. The maximum absolute atomic E-state index is 14.0. The number of amides is 1. The quantitative estimate of drug-likeness (QED) is 0.624.